The molecule has 0 saturated carbocycles. The van der Waals surface area contributed by atoms with Crippen LogP contribution in [0.25, 0.3) is 11.4 Å². The van der Waals surface area contributed by atoms with Crippen LogP contribution in [0.1, 0.15) is 5.69 Å². The van der Waals surface area contributed by atoms with E-state index >= 15 is 0 Å². The van der Waals surface area contributed by atoms with Crippen molar-refractivity contribution in [3.05, 3.63) is 65.9 Å². The van der Waals surface area contributed by atoms with Crippen molar-refractivity contribution in [3.63, 3.8) is 0 Å². The third kappa shape index (κ3) is 5.70. The lowest BCUT2D eigenvalue weighted by Gasteiger charge is -2.09. The van der Waals surface area contributed by atoms with Crippen LogP contribution in [0.2, 0.25) is 0 Å². The van der Waals surface area contributed by atoms with E-state index in [1.165, 1.54) is 12.1 Å². The standard InChI is InChI=1S/C19H17F2N5O3S/c1-30(28,29)10-14-9-17(22)26-18(23-14)11-2-4-12(5-3-11)24-19(27)25-13-6-7-15(20)16(21)8-13/h2-9H,10H2,1H3,(H2,22,23,26)(H2,24,25,27). The summed E-state index contributed by atoms with van der Waals surface area (Å²) in [6.45, 7) is 0. The summed E-state index contributed by atoms with van der Waals surface area (Å²) < 4.78 is 49.1. The second kappa shape index (κ2) is 8.41. The van der Waals surface area contributed by atoms with Gasteiger partial charge >= 0.3 is 6.03 Å². The Morgan fingerprint density at radius 3 is 2.23 bits per heavy atom. The van der Waals surface area contributed by atoms with Crippen LogP contribution >= 0.6 is 0 Å². The fourth-order valence-corrected chi connectivity index (χ4v) is 3.25. The summed E-state index contributed by atoms with van der Waals surface area (Å²) in [7, 11) is -3.29. The van der Waals surface area contributed by atoms with E-state index in [2.05, 4.69) is 20.6 Å². The SMILES string of the molecule is CS(=O)(=O)Cc1cc(N)nc(-c2ccc(NC(=O)Nc3ccc(F)c(F)c3)cc2)n1. The molecule has 30 heavy (non-hydrogen) atoms. The van der Waals surface area contributed by atoms with Crippen molar-refractivity contribution in [2.45, 2.75) is 5.75 Å². The fourth-order valence-electron chi connectivity index (χ4n) is 2.56. The zero-order valence-electron chi connectivity index (χ0n) is 15.7. The number of nitrogen functional groups attached to an aromatic ring is 1. The smallest absolute Gasteiger partial charge is 0.323 e. The first-order valence-electron chi connectivity index (χ1n) is 8.54. The van der Waals surface area contributed by atoms with Crippen molar-refractivity contribution < 1.29 is 22.0 Å². The number of nitrogens with zero attached hydrogens (tertiary/aromatic N) is 2. The van der Waals surface area contributed by atoms with E-state index in [4.69, 9.17) is 5.73 Å². The first-order valence-corrected chi connectivity index (χ1v) is 10.6. The molecule has 0 aliphatic carbocycles. The number of aromatic nitrogens is 2. The number of rotatable bonds is 5. The highest BCUT2D eigenvalue weighted by Crippen LogP contribution is 2.21. The van der Waals surface area contributed by atoms with Crippen molar-refractivity contribution in [2.24, 2.45) is 0 Å². The molecule has 0 aliphatic heterocycles. The van der Waals surface area contributed by atoms with Crippen molar-refractivity contribution in [2.75, 3.05) is 22.6 Å². The lowest BCUT2D eigenvalue weighted by atomic mass is 10.2. The minimum Gasteiger partial charge on any atom is -0.384 e. The molecule has 1 aromatic heterocycles. The quantitative estimate of drug-likeness (QED) is 0.567. The number of hydrogen-bond acceptors (Lipinski definition) is 6. The largest absolute Gasteiger partial charge is 0.384 e. The van der Waals surface area contributed by atoms with Gasteiger partial charge in [0, 0.05) is 35.3 Å². The van der Waals surface area contributed by atoms with E-state index < -0.39 is 27.5 Å². The maximum absolute atomic E-state index is 13.2. The predicted octanol–water partition coefficient (Wildman–Crippen LogP) is 3.19. The first kappa shape index (κ1) is 21.1. The molecule has 2 aromatic carbocycles. The van der Waals surface area contributed by atoms with Gasteiger partial charge in [-0.3, -0.25) is 0 Å². The number of nitrogens with two attached hydrogens (primary N) is 1. The maximum Gasteiger partial charge on any atom is 0.323 e. The van der Waals surface area contributed by atoms with Gasteiger partial charge in [0.05, 0.1) is 11.4 Å². The molecule has 11 heteroatoms. The summed E-state index contributed by atoms with van der Waals surface area (Å²) in [6, 6.07) is 10.1. The molecule has 3 aromatic rings. The molecule has 1 heterocycles. The Hall–Kier alpha value is -3.60. The van der Waals surface area contributed by atoms with Crippen LogP contribution in [0.3, 0.4) is 0 Å². The van der Waals surface area contributed by atoms with Gasteiger partial charge in [-0.25, -0.2) is 32.0 Å². The molecule has 2 amide bonds. The number of carbonyl (C=O) groups is 1. The highest BCUT2D eigenvalue weighted by molar-refractivity contribution is 7.89. The maximum atomic E-state index is 13.2. The second-order valence-electron chi connectivity index (χ2n) is 6.46. The van der Waals surface area contributed by atoms with Crippen LogP contribution in [0.4, 0.5) is 30.8 Å². The molecule has 0 bridgehead atoms. The Morgan fingerprint density at radius 1 is 0.967 bits per heavy atom. The number of hydrogen-bond donors (Lipinski definition) is 3. The molecular weight excluding hydrogens is 416 g/mol. The van der Waals surface area contributed by atoms with E-state index in [0.29, 0.717) is 11.3 Å². The zero-order valence-corrected chi connectivity index (χ0v) is 16.5. The van der Waals surface area contributed by atoms with Crippen molar-refractivity contribution >= 4 is 33.1 Å². The van der Waals surface area contributed by atoms with E-state index in [1.54, 1.807) is 24.3 Å². The summed E-state index contributed by atoms with van der Waals surface area (Å²) in [5.74, 6) is -1.98. The average Bonchev–Trinajstić information content (AvgIpc) is 2.63. The van der Waals surface area contributed by atoms with Crippen LogP contribution in [0, 0.1) is 11.6 Å². The van der Waals surface area contributed by atoms with E-state index in [9.17, 15) is 22.0 Å². The van der Waals surface area contributed by atoms with Gasteiger partial charge in [-0.05, 0) is 36.4 Å². The minimum atomic E-state index is -3.29. The monoisotopic (exact) mass is 433 g/mol. The number of urea groups is 1. The highest BCUT2D eigenvalue weighted by atomic mass is 32.2. The van der Waals surface area contributed by atoms with Gasteiger partial charge in [0.2, 0.25) is 0 Å². The van der Waals surface area contributed by atoms with Crippen molar-refractivity contribution in [1.29, 1.82) is 0 Å². The molecule has 0 aliphatic rings. The topological polar surface area (TPSA) is 127 Å². The molecule has 0 fully saturated rings. The van der Waals surface area contributed by atoms with Crippen LogP contribution in [0.5, 0.6) is 0 Å². The molecule has 4 N–H and O–H groups in total. The number of nitrogens with one attached hydrogen (secondary N) is 2. The molecule has 0 unspecified atom stereocenters. The van der Waals surface area contributed by atoms with Gasteiger partial charge in [0.25, 0.3) is 0 Å². The molecule has 0 atom stereocenters. The number of sulfone groups is 1. The Morgan fingerprint density at radius 2 is 1.60 bits per heavy atom. The number of amides is 2. The Labute approximate surface area is 171 Å². The van der Waals surface area contributed by atoms with Gasteiger partial charge in [-0.1, -0.05) is 0 Å². The summed E-state index contributed by atoms with van der Waals surface area (Å²) in [4.78, 5) is 20.3. The summed E-state index contributed by atoms with van der Waals surface area (Å²) >= 11 is 0. The van der Waals surface area contributed by atoms with Crippen molar-refractivity contribution in [3.8, 4) is 11.4 Å². The highest BCUT2D eigenvalue weighted by Gasteiger charge is 2.11. The average molecular weight is 433 g/mol. The van der Waals surface area contributed by atoms with Crippen LogP contribution in [-0.2, 0) is 15.6 Å². The van der Waals surface area contributed by atoms with Gasteiger partial charge in [-0.2, -0.15) is 0 Å². The van der Waals surface area contributed by atoms with Gasteiger partial charge in [-0.15, -0.1) is 0 Å². The Kier molecular flexibility index (Phi) is 5.92. The normalized spacial score (nSPS) is 11.2. The van der Waals surface area contributed by atoms with Gasteiger partial charge in [0.1, 0.15) is 5.82 Å². The third-order valence-electron chi connectivity index (χ3n) is 3.79. The van der Waals surface area contributed by atoms with E-state index in [-0.39, 0.29) is 28.8 Å². The number of anilines is 3. The lowest BCUT2D eigenvalue weighted by Crippen LogP contribution is -2.19. The van der Waals surface area contributed by atoms with Crippen LogP contribution < -0.4 is 16.4 Å². The number of halogens is 2. The summed E-state index contributed by atoms with van der Waals surface area (Å²) in [5.41, 5.74) is 7.08. The summed E-state index contributed by atoms with van der Waals surface area (Å²) in [5, 5.41) is 4.93. The fraction of sp³-hybridized carbons (Fsp3) is 0.105. The van der Waals surface area contributed by atoms with Crippen LogP contribution in [0.15, 0.2) is 48.5 Å². The molecule has 0 radical (unpaired) electrons. The van der Waals surface area contributed by atoms with Gasteiger partial charge < -0.3 is 16.4 Å². The van der Waals surface area contributed by atoms with Crippen LogP contribution in [-0.4, -0.2) is 30.7 Å². The number of benzene rings is 2. The van der Waals surface area contributed by atoms with Gasteiger partial charge in [0.15, 0.2) is 27.3 Å². The Bertz CT molecular complexity index is 1200. The van der Waals surface area contributed by atoms with Crippen molar-refractivity contribution in [1.82, 2.24) is 9.97 Å². The minimum absolute atomic E-state index is 0.0922. The third-order valence-corrected chi connectivity index (χ3v) is 4.61. The molecule has 0 spiro atoms. The molecule has 0 saturated heterocycles. The first-order chi connectivity index (χ1) is 14.1. The molecule has 3 rings (SSSR count). The lowest BCUT2D eigenvalue weighted by molar-refractivity contribution is 0.262. The Balaban J connectivity index is 1.71. The molecule has 156 valence electrons. The predicted molar refractivity (Wildman–Crippen MR) is 109 cm³/mol. The summed E-state index contributed by atoms with van der Waals surface area (Å²) in [6.07, 6.45) is 1.09. The zero-order chi connectivity index (χ0) is 21.9. The molecular formula is C19H17F2N5O3S. The van der Waals surface area contributed by atoms with E-state index in [0.717, 1.165) is 18.4 Å². The number of carbonyl (C=O) groups excluding carboxylic acids is 1. The molecule has 8 nitrogen and oxygen atoms in total. The second-order valence-corrected chi connectivity index (χ2v) is 8.60. The van der Waals surface area contributed by atoms with E-state index in [1.807, 2.05) is 0 Å².